The molecular weight excluding hydrogens is 306 g/mol. The Morgan fingerprint density at radius 3 is 2.58 bits per heavy atom. The van der Waals surface area contributed by atoms with Crippen LogP contribution in [0, 0.1) is 17.2 Å². The second-order valence-corrected chi connectivity index (χ2v) is 6.64. The predicted molar refractivity (Wildman–Crippen MR) is 87.3 cm³/mol. The van der Waals surface area contributed by atoms with Crippen LogP contribution >= 0.6 is 0 Å². The minimum atomic E-state index is -0.696. The van der Waals surface area contributed by atoms with E-state index in [1.54, 1.807) is 24.3 Å². The number of urea groups is 1. The van der Waals surface area contributed by atoms with Crippen molar-refractivity contribution in [2.24, 2.45) is 5.92 Å². The maximum Gasteiger partial charge on any atom is 0.325 e. The number of ether oxygens (including phenoxy) is 1. The molecular formula is C18H21N3O3. The Kier molecular flexibility index (Phi) is 4.43. The Hall–Kier alpha value is -2.55. The molecule has 1 saturated heterocycles. The molecule has 1 heterocycles. The van der Waals surface area contributed by atoms with Crippen molar-refractivity contribution in [1.29, 1.82) is 5.26 Å². The summed E-state index contributed by atoms with van der Waals surface area (Å²) in [6.07, 6.45) is 3.35. The Morgan fingerprint density at radius 1 is 1.29 bits per heavy atom. The summed E-state index contributed by atoms with van der Waals surface area (Å²) in [5.74, 6) is 1.10. The van der Waals surface area contributed by atoms with E-state index in [-0.39, 0.29) is 25.1 Å². The first kappa shape index (κ1) is 16.3. The van der Waals surface area contributed by atoms with Gasteiger partial charge in [-0.2, -0.15) is 5.26 Å². The lowest BCUT2D eigenvalue weighted by molar-refractivity contribution is -0.132. The van der Waals surface area contributed by atoms with E-state index in [0.29, 0.717) is 30.1 Å². The molecule has 1 aliphatic heterocycles. The number of hydrogen-bond donors (Lipinski definition) is 1. The zero-order chi connectivity index (χ0) is 17.2. The van der Waals surface area contributed by atoms with Crippen molar-refractivity contribution in [3.05, 3.63) is 29.8 Å². The number of hydrogen-bond acceptors (Lipinski definition) is 4. The molecule has 24 heavy (non-hydrogen) atoms. The van der Waals surface area contributed by atoms with Gasteiger partial charge >= 0.3 is 6.03 Å². The van der Waals surface area contributed by atoms with Gasteiger partial charge in [-0.15, -0.1) is 0 Å². The van der Waals surface area contributed by atoms with Gasteiger partial charge in [-0.3, -0.25) is 9.69 Å². The van der Waals surface area contributed by atoms with Crippen LogP contribution in [0.15, 0.2) is 24.3 Å². The largest absolute Gasteiger partial charge is 0.492 e. The topological polar surface area (TPSA) is 82.4 Å². The highest BCUT2D eigenvalue weighted by molar-refractivity contribution is 6.07. The lowest BCUT2D eigenvalue weighted by Crippen LogP contribution is -2.49. The van der Waals surface area contributed by atoms with E-state index in [9.17, 15) is 9.59 Å². The van der Waals surface area contributed by atoms with Gasteiger partial charge < -0.3 is 10.1 Å². The van der Waals surface area contributed by atoms with Gasteiger partial charge in [-0.05, 0) is 55.9 Å². The number of nitriles is 1. The van der Waals surface area contributed by atoms with E-state index in [1.807, 2.05) is 6.07 Å². The first-order valence-corrected chi connectivity index (χ1v) is 8.31. The van der Waals surface area contributed by atoms with Gasteiger partial charge in [-0.1, -0.05) is 6.92 Å². The number of nitrogens with one attached hydrogen (secondary N) is 1. The second kappa shape index (κ2) is 6.52. The van der Waals surface area contributed by atoms with Gasteiger partial charge in [0, 0.05) is 0 Å². The van der Waals surface area contributed by atoms with Crippen molar-refractivity contribution >= 4 is 11.9 Å². The number of imide groups is 1. The third-order valence-corrected chi connectivity index (χ3v) is 4.94. The van der Waals surface area contributed by atoms with E-state index in [0.717, 1.165) is 12.8 Å². The lowest BCUT2D eigenvalue weighted by Gasteiger charge is -2.33. The van der Waals surface area contributed by atoms with Crippen LogP contribution < -0.4 is 10.1 Å². The van der Waals surface area contributed by atoms with Crippen LogP contribution in [-0.4, -0.2) is 35.5 Å². The van der Waals surface area contributed by atoms with Crippen molar-refractivity contribution in [2.45, 2.75) is 38.1 Å². The number of benzene rings is 1. The fourth-order valence-corrected chi connectivity index (χ4v) is 3.35. The molecule has 1 spiro atoms. The van der Waals surface area contributed by atoms with Crippen molar-refractivity contribution in [2.75, 3.05) is 13.2 Å². The summed E-state index contributed by atoms with van der Waals surface area (Å²) in [5, 5.41) is 11.7. The van der Waals surface area contributed by atoms with Crippen molar-refractivity contribution in [3.63, 3.8) is 0 Å². The van der Waals surface area contributed by atoms with E-state index < -0.39 is 5.54 Å². The molecule has 6 nitrogen and oxygen atoms in total. The highest BCUT2D eigenvalue weighted by atomic mass is 16.5. The molecule has 0 aromatic heterocycles. The molecule has 1 aliphatic carbocycles. The molecule has 2 aliphatic rings. The molecule has 1 aromatic carbocycles. The van der Waals surface area contributed by atoms with Crippen molar-refractivity contribution in [1.82, 2.24) is 10.2 Å². The highest BCUT2D eigenvalue weighted by Crippen LogP contribution is 2.36. The molecule has 0 bridgehead atoms. The van der Waals surface area contributed by atoms with Crippen molar-refractivity contribution in [3.8, 4) is 11.8 Å². The standard InChI is InChI=1S/C18H21N3O3/c1-13-6-8-18(9-7-13)16(22)21(17(23)20-18)10-11-24-15-4-2-14(12-19)3-5-15/h2-5,13H,6-11H2,1H3,(H,20,23). The van der Waals surface area contributed by atoms with Crippen LogP contribution in [0.25, 0.3) is 0 Å². The first-order chi connectivity index (χ1) is 11.5. The maximum atomic E-state index is 12.7. The van der Waals surface area contributed by atoms with E-state index in [4.69, 9.17) is 10.00 Å². The minimum absolute atomic E-state index is 0.122. The average Bonchev–Trinajstić information content (AvgIpc) is 2.82. The van der Waals surface area contributed by atoms with Gasteiger partial charge in [0.1, 0.15) is 17.9 Å². The van der Waals surface area contributed by atoms with Gasteiger partial charge in [0.15, 0.2) is 0 Å². The molecule has 0 radical (unpaired) electrons. The monoisotopic (exact) mass is 327 g/mol. The summed E-state index contributed by atoms with van der Waals surface area (Å²) >= 11 is 0. The normalized spacial score (nSPS) is 26.3. The summed E-state index contributed by atoms with van der Waals surface area (Å²) < 4.78 is 5.57. The van der Waals surface area contributed by atoms with E-state index in [2.05, 4.69) is 12.2 Å². The smallest absolute Gasteiger partial charge is 0.325 e. The van der Waals surface area contributed by atoms with Crippen molar-refractivity contribution < 1.29 is 14.3 Å². The number of carbonyl (C=O) groups excluding carboxylic acids is 2. The third kappa shape index (κ3) is 3.07. The van der Waals surface area contributed by atoms with Gasteiger partial charge in [0.05, 0.1) is 18.2 Å². The Labute approximate surface area is 141 Å². The van der Waals surface area contributed by atoms with Gasteiger partial charge in [0.25, 0.3) is 5.91 Å². The fraction of sp³-hybridized carbons (Fsp3) is 0.500. The number of amides is 3. The van der Waals surface area contributed by atoms with Crippen LogP contribution in [0.2, 0.25) is 0 Å². The Balaban J connectivity index is 1.56. The summed E-state index contributed by atoms with van der Waals surface area (Å²) in [4.78, 5) is 26.1. The summed E-state index contributed by atoms with van der Waals surface area (Å²) in [6, 6.07) is 8.46. The highest BCUT2D eigenvalue weighted by Gasteiger charge is 2.51. The average molecular weight is 327 g/mol. The first-order valence-electron chi connectivity index (χ1n) is 8.31. The number of carbonyl (C=O) groups is 2. The van der Waals surface area contributed by atoms with Crippen LogP contribution in [-0.2, 0) is 4.79 Å². The molecule has 3 rings (SSSR count). The molecule has 0 atom stereocenters. The second-order valence-electron chi connectivity index (χ2n) is 6.64. The number of rotatable bonds is 4. The summed E-state index contributed by atoms with van der Waals surface area (Å²) in [7, 11) is 0. The SMILES string of the molecule is CC1CCC2(CC1)NC(=O)N(CCOc1ccc(C#N)cc1)C2=O. The predicted octanol–water partition coefficient (Wildman–Crippen LogP) is 2.44. The van der Waals surface area contributed by atoms with Crippen LogP contribution in [0.1, 0.15) is 38.2 Å². The Morgan fingerprint density at radius 2 is 1.96 bits per heavy atom. The van der Waals surface area contributed by atoms with Gasteiger partial charge in [-0.25, -0.2) is 4.79 Å². The molecule has 126 valence electrons. The zero-order valence-corrected chi connectivity index (χ0v) is 13.7. The number of nitrogens with zero attached hydrogens (tertiary/aromatic N) is 2. The summed E-state index contributed by atoms with van der Waals surface area (Å²) in [5.41, 5.74) is -0.136. The fourth-order valence-electron chi connectivity index (χ4n) is 3.35. The molecule has 2 fully saturated rings. The van der Waals surface area contributed by atoms with Crippen LogP contribution in [0.3, 0.4) is 0 Å². The maximum absolute atomic E-state index is 12.7. The quantitative estimate of drug-likeness (QED) is 0.861. The Bertz CT molecular complexity index is 670. The lowest BCUT2D eigenvalue weighted by atomic mass is 9.77. The molecule has 1 N–H and O–H groups in total. The van der Waals surface area contributed by atoms with Gasteiger partial charge in [0.2, 0.25) is 0 Å². The molecule has 6 heteroatoms. The molecule has 0 unspecified atom stereocenters. The molecule has 3 amide bonds. The zero-order valence-electron chi connectivity index (χ0n) is 13.7. The van der Waals surface area contributed by atoms with E-state index >= 15 is 0 Å². The van der Waals surface area contributed by atoms with Crippen LogP contribution in [0.5, 0.6) is 5.75 Å². The minimum Gasteiger partial charge on any atom is -0.492 e. The third-order valence-electron chi connectivity index (χ3n) is 4.94. The van der Waals surface area contributed by atoms with E-state index in [1.165, 1.54) is 4.90 Å². The summed E-state index contributed by atoms with van der Waals surface area (Å²) in [6.45, 7) is 2.64. The molecule has 1 saturated carbocycles. The molecule has 1 aromatic rings. The van der Waals surface area contributed by atoms with Crippen LogP contribution in [0.4, 0.5) is 4.79 Å².